The van der Waals surface area contributed by atoms with Crippen molar-refractivity contribution in [3.63, 3.8) is 0 Å². The van der Waals surface area contributed by atoms with Crippen molar-refractivity contribution in [2.45, 2.75) is 43.2 Å². The highest BCUT2D eigenvalue weighted by Crippen LogP contribution is 2.33. The summed E-state index contributed by atoms with van der Waals surface area (Å²) in [4.78, 5) is 24.7. The maximum atomic E-state index is 13.6. The van der Waals surface area contributed by atoms with E-state index in [0.717, 1.165) is 12.1 Å². The molecule has 31 heavy (non-hydrogen) atoms. The van der Waals surface area contributed by atoms with Crippen molar-refractivity contribution in [3.8, 4) is 0 Å². The molecule has 12 heteroatoms. The molecule has 3 N–H and O–H groups in total. The Bertz CT molecular complexity index is 925. The van der Waals surface area contributed by atoms with Gasteiger partial charge in [0.05, 0.1) is 6.42 Å². The SMILES string of the molecule is CC(C)(C)c1cc(NC(=O)C(NC(=O)Cc2cc(F)cc(F)c2)SC(F)(F)CF)n[nH]1. The van der Waals surface area contributed by atoms with Gasteiger partial charge in [0.15, 0.2) is 17.9 Å². The molecule has 170 valence electrons. The fraction of sp³-hybridized carbons (Fsp3) is 0.421. The molecule has 0 spiro atoms. The van der Waals surface area contributed by atoms with Gasteiger partial charge in [-0.25, -0.2) is 13.2 Å². The topological polar surface area (TPSA) is 86.9 Å². The van der Waals surface area contributed by atoms with Crippen LogP contribution in [0.15, 0.2) is 24.3 Å². The first kappa shape index (κ1) is 24.6. The second-order valence-electron chi connectivity index (χ2n) is 7.70. The van der Waals surface area contributed by atoms with E-state index < -0.39 is 58.9 Å². The number of rotatable bonds is 8. The van der Waals surface area contributed by atoms with E-state index >= 15 is 0 Å². The standard InChI is InChI=1S/C19H21F5N4O2S/c1-18(2,3)13-8-14(28-27-13)25-16(30)17(31-19(23,24)9-20)26-15(29)6-10-4-11(21)7-12(22)5-10/h4-5,7-8,17H,6,9H2,1-3H3,(H,26,29)(H2,25,27,28,30). The van der Waals surface area contributed by atoms with Crippen molar-refractivity contribution in [1.29, 1.82) is 0 Å². The highest BCUT2D eigenvalue weighted by molar-refractivity contribution is 8.01. The molecule has 2 rings (SSSR count). The molecule has 1 aromatic heterocycles. The summed E-state index contributed by atoms with van der Waals surface area (Å²) in [5.74, 6) is -3.88. The number of benzene rings is 1. The second kappa shape index (κ2) is 9.67. The van der Waals surface area contributed by atoms with E-state index in [1.165, 1.54) is 6.07 Å². The smallest absolute Gasteiger partial charge is 0.324 e. The molecule has 0 aliphatic heterocycles. The minimum absolute atomic E-state index is 0.0190. The molecule has 0 aliphatic carbocycles. The fourth-order valence-electron chi connectivity index (χ4n) is 2.41. The van der Waals surface area contributed by atoms with Crippen LogP contribution in [0.3, 0.4) is 0 Å². The van der Waals surface area contributed by atoms with Crippen LogP contribution in [-0.2, 0) is 21.4 Å². The third-order valence-electron chi connectivity index (χ3n) is 3.90. The summed E-state index contributed by atoms with van der Waals surface area (Å²) in [7, 11) is 0. The first-order chi connectivity index (χ1) is 14.3. The predicted molar refractivity (Wildman–Crippen MR) is 106 cm³/mol. The van der Waals surface area contributed by atoms with Gasteiger partial charge >= 0.3 is 5.25 Å². The Labute approximate surface area is 179 Å². The summed E-state index contributed by atoms with van der Waals surface area (Å²) in [6, 6.07) is 3.87. The maximum absolute atomic E-state index is 13.6. The van der Waals surface area contributed by atoms with Crippen LogP contribution in [0.25, 0.3) is 0 Å². The summed E-state index contributed by atoms with van der Waals surface area (Å²) in [5, 5.41) is 5.02. The van der Waals surface area contributed by atoms with Crippen LogP contribution in [-0.4, -0.2) is 39.3 Å². The van der Waals surface area contributed by atoms with Crippen molar-refractivity contribution < 1.29 is 31.5 Å². The third kappa shape index (κ3) is 7.53. The number of hydrogen-bond donors (Lipinski definition) is 3. The highest BCUT2D eigenvalue weighted by Gasteiger charge is 2.38. The first-order valence-corrected chi connectivity index (χ1v) is 9.90. The zero-order chi connectivity index (χ0) is 23.4. The van der Waals surface area contributed by atoms with E-state index in [2.05, 4.69) is 15.5 Å². The number of anilines is 1. The van der Waals surface area contributed by atoms with E-state index in [1.807, 2.05) is 26.1 Å². The van der Waals surface area contributed by atoms with Crippen molar-refractivity contribution in [1.82, 2.24) is 15.5 Å². The quantitative estimate of drug-likeness (QED) is 0.409. The van der Waals surface area contributed by atoms with Gasteiger partial charge in [0.2, 0.25) is 5.91 Å². The van der Waals surface area contributed by atoms with Crippen LogP contribution in [0.2, 0.25) is 0 Å². The van der Waals surface area contributed by atoms with E-state index in [9.17, 15) is 31.5 Å². The van der Waals surface area contributed by atoms with E-state index in [4.69, 9.17) is 0 Å². The van der Waals surface area contributed by atoms with Gasteiger partial charge in [0, 0.05) is 23.2 Å². The van der Waals surface area contributed by atoms with Gasteiger partial charge in [-0.3, -0.25) is 14.7 Å². The van der Waals surface area contributed by atoms with Crippen LogP contribution in [0, 0.1) is 11.6 Å². The Hall–Kier alpha value is -2.63. The molecule has 1 unspecified atom stereocenters. The molecular weight excluding hydrogens is 443 g/mol. The van der Waals surface area contributed by atoms with Gasteiger partial charge in [-0.05, 0) is 17.7 Å². The largest absolute Gasteiger partial charge is 0.336 e. The van der Waals surface area contributed by atoms with Gasteiger partial charge in [0.1, 0.15) is 11.6 Å². The summed E-state index contributed by atoms with van der Waals surface area (Å²) >= 11 is -0.407. The number of aromatic nitrogens is 2. The molecule has 0 radical (unpaired) electrons. The minimum Gasteiger partial charge on any atom is -0.336 e. The summed E-state index contributed by atoms with van der Waals surface area (Å²) in [6.07, 6.45) is -0.587. The Morgan fingerprint density at radius 2 is 1.74 bits per heavy atom. The number of carbonyl (C=O) groups is 2. The molecule has 0 aliphatic rings. The lowest BCUT2D eigenvalue weighted by Crippen LogP contribution is -2.44. The van der Waals surface area contributed by atoms with Gasteiger partial charge in [-0.2, -0.15) is 13.9 Å². The molecule has 6 nitrogen and oxygen atoms in total. The van der Waals surface area contributed by atoms with Crippen LogP contribution < -0.4 is 10.6 Å². The van der Waals surface area contributed by atoms with Gasteiger partial charge in [-0.1, -0.05) is 32.5 Å². The molecule has 1 heterocycles. The Kier molecular flexibility index (Phi) is 7.68. The Morgan fingerprint density at radius 3 is 2.26 bits per heavy atom. The van der Waals surface area contributed by atoms with E-state index in [-0.39, 0.29) is 16.8 Å². The average molecular weight is 464 g/mol. The number of H-pyrrole nitrogens is 1. The molecule has 0 saturated heterocycles. The number of amides is 2. The normalized spacial score (nSPS) is 13.0. The van der Waals surface area contributed by atoms with Gasteiger partial charge < -0.3 is 10.6 Å². The Balaban J connectivity index is 2.14. The number of carbonyl (C=O) groups excluding carboxylic acids is 2. The molecule has 0 saturated carbocycles. The van der Waals surface area contributed by atoms with Crippen LogP contribution in [0.1, 0.15) is 32.0 Å². The van der Waals surface area contributed by atoms with Gasteiger partial charge in [0.25, 0.3) is 5.91 Å². The lowest BCUT2D eigenvalue weighted by molar-refractivity contribution is -0.124. The number of halogens is 5. The molecule has 1 atom stereocenters. The molecule has 2 amide bonds. The average Bonchev–Trinajstić information content (AvgIpc) is 3.09. The monoisotopic (exact) mass is 464 g/mol. The Morgan fingerprint density at radius 1 is 1.13 bits per heavy atom. The lowest BCUT2D eigenvalue weighted by Gasteiger charge is -2.21. The zero-order valence-electron chi connectivity index (χ0n) is 16.9. The summed E-state index contributed by atoms with van der Waals surface area (Å²) in [6.45, 7) is 3.56. The number of alkyl halides is 3. The number of aromatic amines is 1. The summed E-state index contributed by atoms with van der Waals surface area (Å²) in [5.41, 5.74) is 0.247. The fourth-order valence-corrected chi connectivity index (χ4v) is 3.17. The second-order valence-corrected chi connectivity index (χ2v) is 9.00. The van der Waals surface area contributed by atoms with Crippen LogP contribution in [0.5, 0.6) is 0 Å². The maximum Gasteiger partial charge on any atom is 0.324 e. The molecular formula is C19H21F5N4O2S. The van der Waals surface area contributed by atoms with Crippen LogP contribution in [0.4, 0.5) is 27.8 Å². The van der Waals surface area contributed by atoms with Gasteiger partial charge in [-0.15, -0.1) is 0 Å². The molecule has 0 bridgehead atoms. The van der Waals surface area contributed by atoms with Crippen molar-refractivity contribution in [3.05, 3.63) is 47.2 Å². The highest BCUT2D eigenvalue weighted by atomic mass is 32.2. The number of nitrogens with zero attached hydrogens (tertiary/aromatic N) is 1. The first-order valence-electron chi connectivity index (χ1n) is 9.02. The van der Waals surface area contributed by atoms with E-state index in [1.54, 1.807) is 0 Å². The number of thioether (sulfide) groups is 1. The predicted octanol–water partition coefficient (Wildman–Crippen LogP) is 3.90. The van der Waals surface area contributed by atoms with Crippen molar-refractivity contribution in [2.75, 3.05) is 12.0 Å². The zero-order valence-corrected chi connectivity index (χ0v) is 17.7. The van der Waals surface area contributed by atoms with Crippen LogP contribution >= 0.6 is 11.8 Å². The van der Waals surface area contributed by atoms with E-state index in [0.29, 0.717) is 11.8 Å². The minimum atomic E-state index is -3.96. The molecule has 2 aromatic rings. The number of hydrogen-bond acceptors (Lipinski definition) is 4. The molecule has 1 aromatic carbocycles. The van der Waals surface area contributed by atoms with Crippen molar-refractivity contribution >= 4 is 29.4 Å². The third-order valence-corrected chi connectivity index (χ3v) is 4.92. The molecule has 0 fully saturated rings. The van der Waals surface area contributed by atoms with Crippen molar-refractivity contribution in [2.24, 2.45) is 0 Å². The number of nitrogens with one attached hydrogen (secondary N) is 3. The lowest BCUT2D eigenvalue weighted by atomic mass is 9.92. The summed E-state index contributed by atoms with van der Waals surface area (Å²) < 4.78 is 66.3.